The van der Waals surface area contributed by atoms with Crippen molar-refractivity contribution in [3.63, 3.8) is 0 Å². The van der Waals surface area contributed by atoms with Gasteiger partial charge in [0.1, 0.15) is 5.54 Å². The fourth-order valence-electron chi connectivity index (χ4n) is 4.21. The molecule has 2 aromatic rings. The Morgan fingerprint density at radius 3 is 2.78 bits per heavy atom. The van der Waals surface area contributed by atoms with Gasteiger partial charge in [0.15, 0.2) is 11.5 Å². The molecule has 0 radical (unpaired) electrons. The first-order valence-corrected chi connectivity index (χ1v) is 9.68. The molecule has 0 bridgehead atoms. The monoisotopic (exact) mass is 428 g/mol. The Morgan fingerprint density at radius 1 is 1.15 bits per heavy atom. The molecule has 2 aromatic carbocycles. The summed E-state index contributed by atoms with van der Waals surface area (Å²) in [5.74, 6) is 1.09. The van der Waals surface area contributed by atoms with Crippen LogP contribution < -0.4 is 14.8 Å². The first-order chi connectivity index (χ1) is 13.1. The van der Waals surface area contributed by atoms with Gasteiger partial charge in [0.25, 0.3) is 5.91 Å². The number of benzene rings is 2. The predicted molar refractivity (Wildman–Crippen MR) is 100 cm³/mol. The number of carbonyl (C=O) groups excluding carboxylic acids is 2. The van der Waals surface area contributed by atoms with E-state index in [0.29, 0.717) is 17.9 Å². The van der Waals surface area contributed by atoms with Crippen molar-refractivity contribution in [2.75, 3.05) is 6.79 Å². The van der Waals surface area contributed by atoms with E-state index in [-0.39, 0.29) is 25.3 Å². The zero-order valence-corrected chi connectivity index (χ0v) is 16.0. The number of hydrogen-bond donors (Lipinski definition) is 1. The maximum absolute atomic E-state index is 13.4. The van der Waals surface area contributed by atoms with Crippen molar-refractivity contribution in [3.05, 3.63) is 57.6 Å². The average molecular weight is 429 g/mol. The maximum Gasteiger partial charge on any atom is 0.325 e. The van der Waals surface area contributed by atoms with E-state index in [1.807, 2.05) is 36.4 Å². The van der Waals surface area contributed by atoms with E-state index in [1.54, 1.807) is 0 Å². The molecule has 3 aliphatic rings. The summed E-state index contributed by atoms with van der Waals surface area (Å²) in [4.78, 5) is 27.4. The number of urea groups is 1. The largest absolute Gasteiger partial charge is 0.454 e. The minimum absolute atomic E-state index is 0.172. The van der Waals surface area contributed by atoms with Crippen LogP contribution in [0.4, 0.5) is 4.79 Å². The third-order valence-electron chi connectivity index (χ3n) is 5.52. The van der Waals surface area contributed by atoms with Crippen molar-refractivity contribution >= 4 is 27.9 Å². The molecule has 0 unspecified atom stereocenters. The van der Waals surface area contributed by atoms with Gasteiger partial charge in [0, 0.05) is 4.47 Å². The molecule has 7 heteroatoms. The number of nitrogens with zero attached hydrogens (tertiary/aromatic N) is 1. The van der Waals surface area contributed by atoms with E-state index in [9.17, 15) is 9.59 Å². The van der Waals surface area contributed by atoms with Gasteiger partial charge in [-0.1, -0.05) is 40.2 Å². The summed E-state index contributed by atoms with van der Waals surface area (Å²) in [5, 5.41) is 2.98. The molecule has 27 heavy (non-hydrogen) atoms. The zero-order chi connectivity index (χ0) is 18.6. The molecular weight excluding hydrogens is 412 g/mol. The van der Waals surface area contributed by atoms with E-state index in [4.69, 9.17) is 9.47 Å². The topological polar surface area (TPSA) is 67.9 Å². The SMILES string of the molecule is O=C1N[C@@]2(CCCc3ccccc32)C(=O)N1Cc1cc2c(cc1Br)OCO2. The Balaban J connectivity index is 1.50. The van der Waals surface area contributed by atoms with Crippen LogP contribution in [0.1, 0.15) is 29.5 Å². The van der Waals surface area contributed by atoms with Gasteiger partial charge < -0.3 is 14.8 Å². The van der Waals surface area contributed by atoms with Gasteiger partial charge in [0.05, 0.1) is 6.54 Å². The van der Waals surface area contributed by atoms with E-state index in [1.165, 1.54) is 4.90 Å². The second-order valence-electron chi connectivity index (χ2n) is 7.03. The van der Waals surface area contributed by atoms with Crippen LogP contribution in [0.3, 0.4) is 0 Å². The van der Waals surface area contributed by atoms with Crippen LogP contribution in [0.15, 0.2) is 40.9 Å². The second kappa shape index (κ2) is 5.99. The van der Waals surface area contributed by atoms with Crippen molar-refractivity contribution in [2.24, 2.45) is 0 Å². The van der Waals surface area contributed by atoms with Crippen LogP contribution >= 0.6 is 15.9 Å². The molecule has 0 saturated carbocycles. The predicted octanol–water partition coefficient (Wildman–Crippen LogP) is 3.46. The molecular formula is C20H17BrN2O4. The molecule has 0 aromatic heterocycles. The summed E-state index contributed by atoms with van der Waals surface area (Å²) in [5.41, 5.74) is 1.89. The van der Waals surface area contributed by atoms with Gasteiger partial charge in [-0.15, -0.1) is 0 Å². The number of aryl methyl sites for hydroxylation is 1. The number of fused-ring (bicyclic) bond motifs is 3. The lowest BCUT2D eigenvalue weighted by Gasteiger charge is -2.33. The van der Waals surface area contributed by atoms with E-state index in [0.717, 1.165) is 34.0 Å². The van der Waals surface area contributed by atoms with Crippen molar-refractivity contribution in [1.82, 2.24) is 10.2 Å². The average Bonchev–Trinajstić information content (AvgIpc) is 3.20. The van der Waals surface area contributed by atoms with Crippen LogP contribution in [0.5, 0.6) is 11.5 Å². The van der Waals surface area contributed by atoms with Gasteiger partial charge in [-0.25, -0.2) is 4.79 Å². The molecule has 1 N–H and O–H groups in total. The highest BCUT2D eigenvalue weighted by molar-refractivity contribution is 9.10. The van der Waals surface area contributed by atoms with Crippen LogP contribution in [0.25, 0.3) is 0 Å². The second-order valence-corrected chi connectivity index (χ2v) is 7.89. The highest BCUT2D eigenvalue weighted by atomic mass is 79.9. The quantitative estimate of drug-likeness (QED) is 0.743. The maximum atomic E-state index is 13.4. The minimum atomic E-state index is -0.950. The van der Waals surface area contributed by atoms with Crippen LogP contribution in [-0.2, 0) is 23.3 Å². The standard InChI is InChI=1S/C20H17BrN2O4/c21-15-9-17-16(26-11-27-17)8-13(15)10-23-18(24)20(22-19(23)25)7-3-5-12-4-1-2-6-14(12)20/h1-2,4,6,8-9H,3,5,7,10-11H2,(H,22,25)/t20-/m1/s1. The normalized spacial score (nSPS) is 22.9. The summed E-state index contributed by atoms with van der Waals surface area (Å²) in [6, 6.07) is 11.1. The first kappa shape index (κ1) is 16.6. The van der Waals surface area contributed by atoms with Gasteiger partial charge in [-0.05, 0) is 48.1 Å². The third-order valence-corrected chi connectivity index (χ3v) is 6.26. The first-order valence-electron chi connectivity index (χ1n) is 8.89. The third kappa shape index (κ3) is 2.45. The van der Waals surface area contributed by atoms with Crippen LogP contribution in [-0.4, -0.2) is 23.6 Å². The Hall–Kier alpha value is -2.54. The van der Waals surface area contributed by atoms with E-state index < -0.39 is 5.54 Å². The number of carbonyl (C=O) groups is 2. The van der Waals surface area contributed by atoms with Crippen molar-refractivity contribution in [2.45, 2.75) is 31.3 Å². The minimum Gasteiger partial charge on any atom is -0.454 e. The van der Waals surface area contributed by atoms with Gasteiger partial charge in [0.2, 0.25) is 6.79 Å². The Bertz CT molecular complexity index is 976. The van der Waals surface area contributed by atoms with Crippen molar-refractivity contribution in [1.29, 1.82) is 0 Å². The molecule has 1 fully saturated rings. The summed E-state index contributed by atoms with van der Waals surface area (Å²) in [6.07, 6.45) is 2.41. The molecule has 1 saturated heterocycles. The fraction of sp³-hybridized carbons (Fsp3) is 0.300. The molecule has 2 heterocycles. The molecule has 2 aliphatic heterocycles. The Kier molecular flexibility index (Phi) is 3.69. The lowest BCUT2D eigenvalue weighted by molar-refractivity contribution is -0.132. The van der Waals surface area contributed by atoms with Gasteiger partial charge in [-0.3, -0.25) is 9.69 Å². The van der Waals surface area contributed by atoms with E-state index in [2.05, 4.69) is 21.2 Å². The van der Waals surface area contributed by atoms with Crippen LogP contribution in [0, 0.1) is 0 Å². The Labute approximate surface area is 164 Å². The Morgan fingerprint density at radius 2 is 1.93 bits per heavy atom. The number of rotatable bonds is 2. The highest BCUT2D eigenvalue weighted by Crippen LogP contribution is 2.42. The molecule has 1 atom stereocenters. The summed E-state index contributed by atoms with van der Waals surface area (Å²) < 4.78 is 11.6. The summed E-state index contributed by atoms with van der Waals surface area (Å²) >= 11 is 3.51. The lowest BCUT2D eigenvalue weighted by atomic mass is 9.76. The number of nitrogens with one attached hydrogen (secondary N) is 1. The number of imide groups is 1. The smallest absolute Gasteiger partial charge is 0.325 e. The number of hydrogen-bond acceptors (Lipinski definition) is 4. The molecule has 1 spiro atoms. The fourth-order valence-corrected chi connectivity index (χ4v) is 4.65. The molecule has 3 amide bonds. The van der Waals surface area contributed by atoms with Gasteiger partial charge >= 0.3 is 6.03 Å². The zero-order valence-electron chi connectivity index (χ0n) is 14.5. The molecule has 6 nitrogen and oxygen atoms in total. The highest BCUT2D eigenvalue weighted by Gasteiger charge is 2.53. The van der Waals surface area contributed by atoms with Crippen molar-refractivity contribution < 1.29 is 19.1 Å². The number of ether oxygens (including phenoxy) is 2. The number of amides is 3. The molecule has 1 aliphatic carbocycles. The lowest BCUT2D eigenvalue weighted by Crippen LogP contribution is -2.46. The summed E-state index contributed by atoms with van der Waals surface area (Å²) in [6.45, 7) is 0.347. The van der Waals surface area contributed by atoms with E-state index >= 15 is 0 Å². The molecule has 5 rings (SSSR count). The van der Waals surface area contributed by atoms with Crippen molar-refractivity contribution in [3.8, 4) is 11.5 Å². The summed E-state index contributed by atoms with van der Waals surface area (Å²) in [7, 11) is 0. The number of halogens is 1. The van der Waals surface area contributed by atoms with Crippen LogP contribution in [0.2, 0.25) is 0 Å². The molecule has 138 valence electrons. The van der Waals surface area contributed by atoms with Gasteiger partial charge in [-0.2, -0.15) is 0 Å².